The first-order chi connectivity index (χ1) is 7.67. The second-order valence-corrected chi connectivity index (χ2v) is 3.29. The summed E-state index contributed by atoms with van der Waals surface area (Å²) in [7, 11) is 3.19. The third-order valence-electron chi connectivity index (χ3n) is 1.81. The Morgan fingerprint density at radius 2 is 2.31 bits per heavy atom. The predicted molar refractivity (Wildman–Crippen MR) is 67.0 cm³/mol. The van der Waals surface area contributed by atoms with Crippen molar-refractivity contribution >= 4 is 23.5 Å². The van der Waals surface area contributed by atoms with Gasteiger partial charge in [-0.2, -0.15) is 5.10 Å². The Morgan fingerprint density at radius 3 is 2.88 bits per heavy atom. The van der Waals surface area contributed by atoms with Crippen molar-refractivity contribution in [2.24, 2.45) is 5.10 Å². The summed E-state index contributed by atoms with van der Waals surface area (Å²) in [6.07, 6.45) is 1.54. The van der Waals surface area contributed by atoms with Crippen molar-refractivity contribution in [2.75, 3.05) is 14.2 Å². The van der Waals surface area contributed by atoms with Crippen molar-refractivity contribution in [1.82, 2.24) is 10.7 Å². The maximum absolute atomic E-state index is 9.50. The van der Waals surface area contributed by atoms with E-state index in [1.54, 1.807) is 31.5 Å². The highest BCUT2D eigenvalue weighted by atomic mass is 32.1. The van der Waals surface area contributed by atoms with Gasteiger partial charge in [0.2, 0.25) is 0 Å². The van der Waals surface area contributed by atoms with Gasteiger partial charge in [-0.25, -0.2) is 0 Å². The number of nitrogens with zero attached hydrogens (tertiary/aromatic N) is 1. The van der Waals surface area contributed by atoms with E-state index in [1.165, 1.54) is 7.11 Å². The van der Waals surface area contributed by atoms with Gasteiger partial charge >= 0.3 is 0 Å². The molecule has 3 N–H and O–H groups in total. The molecule has 0 aliphatic rings. The minimum absolute atomic E-state index is 0.0719. The van der Waals surface area contributed by atoms with Crippen LogP contribution in [0.25, 0.3) is 0 Å². The van der Waals surface area contributed by atoms with Gasteiger partial charge in [0.05, 0.1) is 13.3 Å². The van der Waals surface area contributed by atoms with E-state index >= 15 is 0 Å². The minimum Gasteiger partial charge on any atom is -0.504 e. The predicted octanol–water partition coefficient (Wildman–Crippen LogP) is 0.829. The van der Waals surface area contributed by atoms with E-state index in [-0.39, 0.29) is 5.75 Å². The standard InChI is InChI=1S/C10H13N3O2S/c1-11-10(16)13-12-6-7-3-4-9(15-2)8(14)5-7/h3-6,14H,1-2H3,(H2,11,13,16)/b12-6-. The lowest BCUT2D eigenvalue weighted by atomic mass is 10.2. The molecule has 5 nitrogen and oxygen atoms in total. The lowest BCUT2D eigenvalue weighted by Crippen LogP contribution is -2.28. The Bertz CT molecular complexity index is 407. The molecule has 1 aromatic rings. The number of hydrogen-bond donors (Lipinski definition) is 3. The molecule has 0 bridgehead atoms. The summed E-state index contributed by atoms with van der Waals surface area (Å²) in [6, 6.07) is 4.98. The number of ether oxygens (including phenoxy) is 1. The molecule has 0 saturated carbocycles. The van der Waals surface area contributed by atoms with E-state index < -0.39 is 0 Å². The molecule has 0 atom stereocenters. The molecule has 0 fully saturated rings. The molecule has 86 valence electrons. The van der Waals surface area contributed by atoms with Crippen LogP contribution in [0.15, 0.2) is 23.3 Å². The molecule has 0 aliphatic heterocycles. The summed E-state index contributed by atoms with van der Waals surface area (Å²) in [5.41, 5.74) is 3.35. The molecule has 0 saturated heterocycles. The fourth-order valence-corrected chi connectivity index (χ4v) is 1.06. The lowest BCUT2D eigenvalue weighted by molar-refractivity contribution is 0.373. The zero-order valence-electron chi connectivity index (χ0n) is 9.02. The van der Waals surface area contributed by atoms with E-state index in [9.17, 15) is 5.11 Å². The van der Waals surface area contributed by atoms with E-state index in [2.05, 4.69) is 15.8 Å². The average molecular weight is 239 g/mol. The Hall–Kier alpha value is -1.82. The highest BCUT2D eigenvalue weighted by Crippen LogP contribution is 2.25. The van der Waals surface area contributed by atoms with Gasteiger partial charge in [-0.15, -0.1) is 0 Å². The van der Waals surface area contributed by atoms with E-state index in [4.69, 9.17) is 17.0 Å². The molecule has 0 aliphatic carbocycles. The van der Waals surface area contributed by atoms with Crippen LogP contribution in [0.3, 0.4) is 0 Å². The van der Waals surface area contributed by atoms with Gasteiger partial charge in [-0.3, -0.25) is 5.43 Å². The van der Waals surface area contributed by atoms with E-state index in [0.29, 0.717) is 10.9 Å². The fraction of sp³-hybridized carbons (Fsp3) is 0.200. The largest absolute Gasteiger partial charge is 0.504 e. The zero-order valence-corrected chi connectivity index (χ0v) is 9.84. The highest BCUT2D eigenvalue weighted by Gasteiger charge is 2.00. The molecule has 0 radical (unpaired) electrons. The molecule has 1 aromatic carbocycles. The van der Waals surface area contributed by atoms with Crippen LogP contribution in [0.1, 0.15) is 5.56 Å². The maximum atomic E-state index is 9.50. The quantitative estimate of drug-likeness (QED) is 0.414. The number of methoxy groups -OCH3 is 1. The Kier molecular flexibility index (Phi) is 4.53. The zero-order chi connectivity index (χ0) is 12.0. The number of thiocarbonyl (C=S) groups is 1. The number of rotatable bonds is 3. The maximum Gasteiger partial charge on any atom is 0.186 e. The monoisotopic (exact) mass is 239 g/mol. The third kappa shape index (κ3) is 3.39. The van der Waals surface area contributed by atoms with Crippen molar-refractivity contribution in [1.29, 1.82) is 0 Å². The van der Waals surface area contributed by atoms with Crippen LogP contribution >= 0.6 is 12.2 Å². The summed E-state index contributed by atoms with van der Waals surface area (Å²) in [5.74, 6) is 0.499. The van der Waals surface area contributed by atoms with Gasteiger partial charge in [-0.05, 0) is 36.0 Å². The van der Waals surface area contributed by atoms with Crippen molar-refractivity contribution in [3.63, 3.8) is 0 Å². The SMILES string of the molecule is CNC(=S)N/N=C\c1ccc(OC)c(O)c1. The second-order valence-electron chi connectivity index (χ2n) is 2.88. The van der Waals surface area contributed by atoms with Crippen LogP contribution in [0.2, 0.25) is 0 Å². The minimum atomic E-state index is 0.0719. The Balaban J connectivity index is 2.68. The first-order valence-corrected chi connectivity index (χ1v) is 4.96. The third-order valence-corrected chi connectivity index (χ3v) is 2.11. The number of nitrogens with one attached hydrogen (secondary N) is 2. The van der Waals surface area contributed by atoms with Gasteiger partial charge in [0, 0.05) is 7.05 Å². The van der Waals surface area contributed by atoms with Gasteiger partial charge in [0.1, 0.15) is 0 Å². The van der Waals surface area contributed by atoms with E-state index in [0.717, 1.165) is 5.56 Å². The molecule has 0 spiro atoms. The van der Waals surface area contributed by atoms with Gasteiger partial charge in [0.15, 0.2) is 16.6 Å². The number of hydrogen-bond acceptors (Lipinski definition) is 4. The molecule has 16 heavy (non-hydrogen) atoms. The van der Waals surface area contributed by atoms with Crippen LogP contribution in [0.5, 0.6) is 11.5 Å². The number of hydrazone groups is 1. The molecule has 0 amide bonds. The average Bonchev–Trinajstić information content (AvgIpc) is 2.29. The van der Waals surface area contributed by atoms with Crippen molar-refractivity contribution in [3.05, 3.63) is 23.8 Å². The van der Waals surface area contributed by atoms with Gasteiger partial charge < -0.3 is 15.2 Å². The van der Waals surface area contributed by atoms with Crippen LogP contribution in [0.4, 0.5) is 0 Å². The molecule has 1 rings (SSSR count). The van der Waals surface area contributed by atoms with Gasteiger partial charge in [-0.1, -0.05) is 0 Å². The normalized spacial score (nSPS) is 10.1. The molecule has 0 unspecified atom stereocenters. The van der Waals surface area contributed by atoms with Crippen LogP contribution < -0.4 is 15.5 Å². The lowest BCUT2D eigenvalue weighted by Gasteiger charge is -2.03. The molecule has 6 heteroatoms. The summed E-state index contributed by atoms with van der Waals surface area (Å²) in [5, 5.41) is 16.5. The summed E-state index contributed by atoms with van der Waals surface area (Å²) >= 11 is 4.83. The molecular weight excluding hydrogens is 226 g/mol. The smallest absolute Gasteiger partial charge is 0.186 e. The van der Waals surface area contributed by atoms with Crippen LogP contribution in [-0.4, -0.2) is 30.6 Å². The van der Waals surface area contributed by atoms with E-state index in [1.807, 2.05) is 0 Å². The molecule has 0 heterocycles. The summed E-state index contributed by atoms with van der Waals surface area (Å²) in [4.78, 5) is 0. The van der Waals surface area contributed by atoms with Gasteiger partial charge in [0.25, 0.3) is 0 Å². The number of aromatic hydroxyl groups is 1. The Morgan fingerprint density at radius 1 is 1.56 bits per heavy atom. The van der Waals surface area contributed by atoms with Crippen molar-refractivity contribution in [3.8, 4) is 11.5 Å². The molecular formula is C10H13N3O2S. The number of phenols is 1. The topological polar surface area (TPSA) is 65.9 Å². The fourth-order valence-electron chi connectivity index (χ4n) is 1.01. The van der Waals surface area contributed by atoms with Crippen molar-refractivity contribution in [2.45, 2.75) is 0 Å². The number of benzene rings is 1. The van der Waals surface area contributed by atoms with Crippen LogP contribution in [0, 0.1) is 0 Å². The van der Waals surface area contributed by atoms with Crippen LogP contribution in [-0.2, 0) is 0 Å². The first-order valence-electron chi connectivity index (χ1n) is 4.55. The number of phenolic OH excluding ortho intramolecular Hbond substituents is 1. The Labute approximate surface area is 99.1 Å². The van der Waals surface area contributed by atoms with Crippen molar-refractivity contribution < 1.29 is 9.84 Å². The first kappa shape index (κ1) is 12.3. The summed E-state index contributed by atoms with van der Waals surface area (Å²) in [6.45, 7) is 0. The summed E-state index contributed by atoms with van der Waals surface area (Å²) < 4.78 is 4.92. The highest BCUT2D eigenvalue weighted by molar-refractivity contribution is 7.80. The second kappa shape index (κ2) is 5.92. The molecule has 0 aromatic heterocycles.